The van der Waals surface area contributed by atoms with Gasteiger partial charge >= 0.3 is 0 Å². The van der Waals surface area contributed by atoms with Gasteiger partial charge in [0.2, 0.25) is 10.0 Å². The number of aromatic nitrogens is 2. The van der Waals surface area contributed by atoms with E-state index >= 15 is 0 Å². The normalized spacial score (nSPS) is 13.4. The number of benzene rings is 2. The molecule has 0 unspecified atom stereocenters. The van der Waals surface area contributed by atoms with Crippen molar-refractivity contribution in [3.63, 3.8) is 0 Å². The molecule has 0 bridgehead atoms. The van der Waals surface area contributed by atoms with Crippen molar-refractivity contribution in [2.24, 2.45) is 0 Å². The third-order valence-electron chi connectivity index (χ3n) is 6.09. The van der Waals surface area contributed by atoms with Crippen LogP contribution in [0.15, 0.2) is 71.9 Å². The van der Waals surface area contributed by atoms with Gasteiger partial charge in [-0.1, -0.05) is 77.1 Å². The summed E-state index contributed by atoms with van der Waals surface area (Å²) in [7, 11) is -3.64. The van der Waals surface area contributed by atoms with E-state index in [1.54, 1.807) is 28.6 Å². The molecule has 1 aromatic heterocycles. The highest BCUT2D eigenvalue weighted by Gasteiger charge is 2.38. The Morgan fingerprint density at radius 1 is 0.853 bits per heavy atom. The monoisotopic (exact) mass is 481 g/mol. The molecule has 0 spiro atoms. The van der Waals surface area contributed by atoms with E-state index in [1.807, 2.05) is 39.2 Å². The highest BCUT2D eigenvalue weighted by atomic mass is 32.2. The van der Waals surface area contributed by atoms with Crippen molar-refractivity contribution in [2.75, 3.05) is 6.54 Å². The fourth-order valence-electron chi connectivity index (χ4n) is 4.19. The Labute approximate surface area is 205 Å². The summed E-state index contributed by atoms with van der Waals surface area (Å²) in [6, 6.07) is 17.2. The second kappa shape index (κ2) is 9.31. The standard InChI is InChI=1S/C28H39N3O2S/c1-26(2,3)25-29-18-19-30(25)20-22-14-16-23(17-15-22)28(7,8)21-31(27(4,5)6)34(32,33)24-12-10-9-11-13-24/h9-19H,20-21H2,1-8H3. The van der Waals surface area contributed by atoms with Crippen LogP contribution in [0.2, 0.25) is 0 Å². The minimum atomic E-state index is -3.64. The number of sulfonamides is 1. The highest BCUT2D eigenvalue weighted by Crippen LogP contribution is 2.32. The largest absolute Gasteiger partial charge is 0.330 e. The summed E-state index contributed by atoms with van der Waals surface area (Å²) in [5.74, 6) is 1.06. The van der Waals surface area contributed by atoms with Crippen LogP contribution in [0.4, 0.5) is 0 Å². The summed E-state index contributed by atoms with van der Waals surface area (Å²) in [5.41, 5.74) is 1.34. The minimum Gasteiger partial charge on any atom is -0.330 e. The summed E-state index contributed by atoms with van der Waals surface area (Å²) in [6.07, 6.45) is 3.88. The van der Waals surface area contributed by atoms with Gasteiger partial charge in [-0.3, -0.25) is 0 Å². The Kier molecular flexibility index (Phi) is 7.16. The summed E-state index contributed by atoms with van der Waals surface area (Å²) in [5, 5.41) is 0. The van der Waals surface area contributed by atoms with Crippen molar-refractivity contribution in [3.05, 3.63) is 83.9 Å². The van der Waals surface area contributed by atoms with Crippen LogP contribution in [0.5, 0.6) is 0 Å². The van der Waals surface area contributed by atoms with Crippen LogP contribution in [0.25, 0.3) is 0 Å². The second-order valence-corrected chi connectivity index (χ2v) is 13.6. The predicted octanol–water partition coefficient (Wildman–Crippen LogP) is 6.00. The molecule has 0 radical (unpaired) electrons. The van der Waals surface area contributed by atoms with Crippen LogP contribution in [0.1, 0.15) is 72.3 Å². The van der Waals surface area contributed by atoms with E-state index in [2.05, 4.69) is 68.4 Å². The third kappa shape index (κ3) is 5.78. The molecule has 0 aliphatic carbocycles. The SMILES string of the molecule is CC(C)(C)c1nccn1Cc1ccc(C(C)(C)CN(C(C)(C)C)S(=O)(=O)c2ccccc2)cc1. The van der Waals surface area contributed by atoms with Gasteiger partial charge in [-0.15, -0.1) is 0 Å². The second-order valence-electron chi connectivity index (χ2n) is 11.7. The molecule has 3 rings (SSSR count). The van der Waals surface area contributed by atoms with E-state index in [-0.39, 0.29) is 10.8 Å². The zero-order valence-corrected chi connectivity index (χ0v) is 22.6. The summed E-state index contributed by atoms with van der Waals surface area (Å²) >= 11 is 0. The van der Waals surface area contributed by atoms with Gasteiger partial charge in [0.1, 0.15) is 5.82 Å². The lowest BCUT2D eigenvalue weighted by Crippen LogP contribution is -2.50. The number of hydrogen-bond donors (Lipinski definition) is 0. The Morgan fingerprint density at radius 3 is 1.97 bits per heavy atom. The van der Waals surface area contributed by atoms with Crippen LogP contribution >= 0.6 is 0 Å². The number of hydrogen-bond acceptors (Lipinski definition) is 3. The summed E-state index contributed by atoms with van der Waals surface area (Å²) < 4.78 is 30.9. The first kappa shape index (κ1) is 26.2. The number of rotatable bonds is 7. The highest BCUT2D eigenvalue weighted by molar-refractivity contribution is 7.89. The van der Waals surface area contributed by atoms with Crippen molar-refractivity contribution >= 4 is 10.0 Å². The molecular weight excluding hydrogens is 442 g/mol. The molecule has 0 atom stereocenters. The fourth-order valence-corrected chi connectivity index (χ4v) is 6.16. The van der Waals surface area contributed by atoms with Gasteiger partial charge < -0.3 is 4.57 Å². The van der Waals surface area contributed by atoms with Crippen molar-refractivity contribution in [3.8, 4) is 0 Å². The van der Waals surface area contributed by atoms with E-state index < -0.39 is 15.6 Å². The van der Waals surface area contributed by atoms with Gasteiger partial charge in [0.05, 0.1) is 4.90 Å². The topological polar surface area (TPSA) is 55.2 Å². The molecule has 0 fully saturated rings. The van der Waals surface area contributed by atoms with E-state index in [0.29, 0.717) is 11.4 Å². The third-order valence-corrected chi connectivity index (χ3v) is 8.22. The zero-order chi connectivity index (χ0) is 25.4. The van der Waals surface area contributed by atoms with Gasteiger partial charge in [0.25, 0.3) is 0 Å². The predicted molar refractivity (Wildman–Crippen MR) is 140 cm³/mol. The molecule has 0 aliphatic rings. The first-order valence-electron chi connectivity index (χ1n) is 11.8. The smallest absolute Gasteiger partial charge is 0.243 e. The van der Waals surface area contributed by atoms with E-state index in [4.69, 9.17) is 0 Å². The van der Waals surface area contributed by atoms with Gasteiger partial charge in [-0.2, -0.15) is 4.31 Å². The molecule has 1 heterocycles. The molecule has 34 heavy (non-hydrogen) atoms. The maximum atomic E-state index is 13.5. The first-order valence-corrected chi connectivity index (χ1v) is 13.3. The van der Waals surface area contributed by atoms with Crippen LogP contribution < -0.4 is 0 Å². The Bertz CT molecular complexity index is 1200. The van der Waals surface area contributed by atoms with Crippen molar-refractivity contribution in [1.82, 2.24) is 13.9 Å². The molecule has 0 saturated heterocycles. The molecule has 6 heteroatoms. The van der Waals surface area contributed by atoms with E-state index in [9.17, 15) is 8.42 Å². The van der Waals surface area contributed by atoms with Crippen molar-refractivity contribution < 1.29 is 8.42 Å². The number of imidazole rings is 1. The van der Waals surface area contributed by atoms with Gasteiger partial charge in [-0.25, -0.2) is 13.4 Å². The number of nitrogens with zero attached hydrogens (tertiary/aromatic N) is 3. The fraction of sp³-hybridized carbons (Fsp3) is 0.464. The molecule has 0 N–H and O–H groups in total. The van der Waals surface area contributed by atoms with E-state index in [1.165, 1.54) is 5.56 Å². The molecule has 3 aromatic rings. The van der Waals surface area contributed by atoms with Gasteiger partial charge in [-0.05, 0) is 44.0 Å². The molecule has 184 valence electrons. The molecule has 5 nitrogen and oxygen atoms in total. The maximum Gasteiger partial charge on any atom is 0.243 e. The van der Waals surface area contributed by atoms with Crippen LogP contribution in [-0.4, -0.2) is 34.4 Å². The maximum absolute atomic E-state index is 13.5. The van der Waals surface area contributed by atoms with Gasteiger partial charge in [0.15, 0.2) is 0 Å². The molecule has 0 aliphatic heterocycles. The quantitative estimate of drug-likeness (QED) is 0.416. The van der Waals surface area contributed by atoms with Crippen molar-refractivity contribution in [1.29, 1.82) is 0 Å². The lowest BCUT2D eigenvalue weighted by molar-refractivity contribution is 0.212. The lowest BCUT2D eigenvalue weighted by atomic mass is 9.83. The molecule has 0 saturated carbocycles. The average molecular weight is 482 g/mol. The molecular formula is C28H39N3O2S. The van der Waals surface area contributed by atoms with Crippen molar-refractivity contribution in [2.45, 2.75) is 83.2 Å². The summed E-state index contributed by atoms with van der Waals surface area (Å²) in [4.78, 5) is 4.87. The van der Waals surface area contributed by atoms with Crippen LogP contribution in [0.3, 0.4) is 0 Å². The minimum absolute atomic E-state index is 0.0217. The Balaban J connectivity index is 1.86. The average Bonchev–Trinajstić information content (AvgIpc) is 3.21. The Morgan fingerprint density at radius 2 is 1.44 bits per heavy atom. The lowest BCUT2D eigenvalue weighted by Gasteiger charge is -2.40. The molecule has 0 amide bonds. The zero-order valence-electron chi connectivity index (χ0n) is 21.8. The summed E-state index contributed by atoms with van der Waals surface area (Å²) in [6.45, 7) is 17.7. The van der Waals surface area contributed by atoms with Gasteiger partial charge in [0, 0.05) is 41.9 Å². The Hall–Kier alpha value is -2.44. The molecule has 2 aromatic carbocycles. The van der Waals surface area contributed by atoms with Crippen LogP contribution in [0, 0.1) is 0 Å². The first-order chi connectivity index (χ1) is 15.6. The van der Waals surface area contributed by atoms with Crippen LogP contribution in [-0.2, 0) is 27.4 Å². The van der Waals surface area contributed by atoms with E-state index in [0.717, 1.165) is 17.9 Å².